The summed E-state index contributed by atoms with van der Waals surface area (Å²) in [4.78, 5) is 1.31. The number of benzene rings is 1. The molecule has 0 spiro atoms. The van der Waals surface area contributed by atoms with Crippen LogP contribution in [-0.2, 0) is 0 Å². The van der Waals surface area contributed by atoms with E-state index in [1.54, 1.807) is 11.3 Å². The summed E-state index contributed by atoms with van der Waals surface area (Å²) in [5, 5.41) is 0. The molecule has 0 fully saturated rings. The van der Waals surface area contributed by atoms with Crippen LogP contribution in [0.15, 0.2) is 40.2 Å². The second kappa shape index (κ2) is 6.00. The molecule has 0 radical (unpaired) electrons. The van der Waals surface area contributed by atoms with Crippen LogP contribution in [0.4, 0.5) is 0 Å². The molecule has 2 aromatic rings. The summed E-state index contributed by atoms with van der Waals surface area (Å²) in [6.45, 7) is 4.34. The highest BCUT2D eigenvalue weighted by molar-refractivity contribution is 9.11. The lowest BCUT2D eigenvalue weighted by molar-refractivity contribution is 0.539. The fourth-order valence-corrected chi connectivity index (χ4v) is 4.17. The van der Waals surface area contributed by atoms with E-state index < -0.39 is 0 Å². The molecular formula is C15H18BrNS. The summed E-state index contributed by atoms with van der Waals surface area (Å²) in [6.07, 6.45) is 1.05. The molecule has 0 aliphatic carbocycles. The van der Waals surface area contributed by atoms with Crippen molar-refractivity contribution < 1.29 is 0 Å². The molecule has 1 aromatic carbocycles. The van der Waals surface area contributed by atoms with Crippen LogP contribution in [0.3, 0.4) is 0 Å². The molecule has 2 rings (SSSR count). The van der Waals surface area contributed by atoms with Crippen LogP contribution in [-0.4, -0.2) is 0 Å². The Morgan fingerprint density at radius 1 is 1.28 bits per heavy atom. The highest BCUT2D eigenvalue weighted by Gasteiger charge is 2.22. The highest BCUT2D eigenvalue weighted by Crippen LogP contribution is 2.37. The zero-order valence-electron chi connectivity index (χ0n) is 10.7. The van der Waals surface area contributed by atoms with E-state index in [2.05, 4.69) is 60.1 Å². The number of aryl methyl sites for hydroxylation is 1. The maximum Gasteiger partial charge on any atom is 0.0704 e. The van der Waals surface area contributed by atoms with Gasteiger partial charge in [0.1, 0.15) is 0 Å². The van der Waals surface area contributed by atoms with Crippen molar-refractivity contribution in [3.63, 3.8) is 0 Å². The minimum Gasteiger partial charge on any atom is -0.323 e. The number of rotatable bonds is 4. The third kappa shape index (κ3) is 2.85. The van der Waals surface area contributed by atoms with Gasteiger partial charge in [0.05, 0.1) is 3.79 Å². The molecule has 0 bridgehead atoms. The molecule has 0 amide bonds. The van der Waals surface area contributed by atoms with Crippen LogP contribution in [0.25, 0.3) is 0 Å². The monoisotopic (exact) mass is 323 g/mol. The lowest BCUT2D eigenvalue weighted by Crippen LogP contribution is -2.19. The third-order valence-electron chi connectivity index (χ3n) is 3.39. The molecule has 2 N–H and O–H groups in total. The Bertz CT molecular complexity index is 506. The summed E-state index contributed by atoms with van der Waals surface area (Å²) in [7, 11) is 0. The van der Waals surface area contributed by atoms with Gasteiger partial charge >= 0.3 is 0 Å². The predicted octanol–water partition coefficient (Wildman–Crippen LogP) is 5.01. The molecule has 0 aliphatic rings. The van der Waals surface area contributed by atoms with Crippen LogP contribution >= 0.6 is 27.3 Å². The molecule has 2 unspecified atom stereocenters. The number of nitrogens with two attached hydrogens (primary N) is 1. The number of thiophene rings is 1. The average molecular weight is 324 g/mol. The van der Waals surface area contributed by atoms with Gasteiger partial charge in [-0.05, 0) is 46.5 Å². The van der Waals surface area contributed by atoms with Crippen molar-refractivity contribution in [2.45, 2.75) is 32.2 Å². The summed E-state index contributed by atoms with van der Waals surface area (Å²) < 4.78 is 1.16. The molecule has 1 aromatic heterocycles. The van der Waals surface area contributed by atoms with Gasteiger partial charge in [0.2, 0.25) is 0 Å². The van der Waals surface area contributed by atoms with Gasteiger partial charge in [-0.3, -0.25) is 0 Å². The summed E-state index contributed by atoms with van der Waals surface area (Å²) in [5.41, 5.74) is 9.08. The van der Waals surface area contributed by atoms with Gasteiger partial charge in [-0.15, -0.1) is 11.3 Å². The van der Waals surface area contributed by atoms with E-state index >= 15 is 0 Å². The topological polar surface area (TPSA) is 26.0 Å². The zero-order valence-corrected chi connectivity index (χ0v) is 13.1. The summed E-state index contributed by atoms with van der Waals surface area (Å²) in [5.74, 6) is 0.381. The minimum absolute atomic E-state index is 0.0694. The van der Waals surface area contributed by atoms with E-state index in [-0.39, 0.29) is 6.04 Å². The van der Waals surface area contributed by atoms with Crippen LogP contribution in [0.1, 0.15) is 41.3 Å². The fourth-order valence-electron chi connectivity index (χ4n) is 2.40. The first kappa shape index (κ1) is 13.8. The highest BCUT2D eigenvalue weighted by atomic mass is 79.9. The normalized spacial score (nSPS) is 14.4. The van der Waals surface area contributed by atoms with Gasteiger partial charge in [0, 0.05) is 16.8 Å². The Labute approximate surface area is 121 Å². The van der Waals surface area contributed by atoms with Crippen molar-refractivity contribution in [1.29, 1.82) is 0 Å². The van der Waals surface area contributed by atoms with Crippen LogP contribution in [0, 0.1) is 6.92 Å². The van der Waals surface area contributed by atoms with Crippen LogP contribution < -0.4 is 5.73 Å². The van der Waals surface area contributed by atoms with Crippen molar-refractivity contribution >= 4 is 27.3 Å². The maximum atomic E-state index is 6.48. The van der Waals surface area contributed by atoms with Gasteiger partial charge in [-0.25, -0.2) is 0 Å². The fraction of sp³-hybridized carbons (Fsp3) is 0.333. The van der Waals surface area contributed by atoms with E-state index in [0.717, 1.165) is 10.2 Å². The maximum absolute atomic E-state index is 6.48. The first-order valence-electron chi connectivity index (χ1n) is 6.19. The number of halogens is 1. The number of hydrogen-bond acceptors (Lipinski definition) is 2. The standard InChI is InChI=1S/C15H18BrNS/c1-3-12(11-7-5-4-6-8-11)15(17)13-9-14(16)18-10(13)2/h4-9,12,15H,3,17H2,1-2H3. The van der Waals surface area contributed by atoms with E-state index in [4.69, 9.17) is 5.73 Å². The van der Waals surface area contributed by atoms with E-state index in [1.807, 2.05) is 6.07 Å². The quantitative estimate of drug-likeness (QED) is 0.840. The first-order valence-corrected chi connectivity index (χ1v) is 7.80. The van der Waals surface area contributed by atoms with E-state index in [0.29, 0.717) is 5.92 Å². The van der Waals surface area contributed by atoms with Gasteiger partial charge in [-0.2, -0.15) is 0 Å². The molecule has 96 valence electrons. The molecule has 1 heterocycles. The molecular weight excluding hydrogens is 306 g/mol. The van der Waals surface area contributed by atoms with Crippen molar-refractivity contribution in [2.75, 3.05) is 0 Å². The van der Waals surface area contributed by atoms with Crippen molar-refractivity contribution in [2.24, 2.45) is 5.73 Å². The third-order valence-corrected chi connectivity index (χ3v) is 4.96. The minimum atomic E-state index is 0.0694. The Morgan fingerprint density at radius 2 is 1.94 bits per heavy atom. The second-order valence-electron chi connectivity index (χ2n) is 4.51. The van der Waals surface area contributed by atoms with Crippen molar-refractivity contribution in [1.82, 2.24) is 0 Å². The van der Waals surface area contributed by atoms with Gasteiger partial charge in [0.25, 0.3) is 0 Å². The summed E-state index contributed by atoms with van der Waals surface area (Å²) >= 11 is 5.30. The smallest absolute Gasteiger partial charge is 0.0704 e. The molecule has 2 atom stereocenters. The molecule has 18 heavy (non-hydrogen) atoms. The molecule has 0 saturated heterocycles. The van der Waals surface area contributed by atoms with Gasteiger partial charge < -0.3 is 5.73 Å². The Hall–Kier alpha value is -0.640. The SMILES string of the molecule is CCC(c1ccccc1)C(N)c1cc(Br)sc1C. The van der Waals surface area contributed by atoms with Gasteiger partial charge in [-0.1, -0.05) is 37.3 Å². The average Bonchev–Trinajstić information content (AvgIpc) is 2.70. The van der Waals surface area contributed by atoms with Crippen molar-refractivity contribution in [3.05, 3.63) is 56.2 Å². The first-order chi connectivity index (χ1) is 8.63. The van der Waals surface area contributed by atoms with Crippen LogP contribution in [0.2, 0.25) is 0 Å². The van der Waals surface area contributed by atoms with Crippen LogP contribution in [0.5, 0.6) is 0 Å². The largest absolute Gasteiger partial charge is 0.323 e. The van der Waals surface area contributed by atoms with Crippen molar-refractivity contribution in [3.8, 4) is 0 Å². The zero-order chi connectivity index (χ0) is 13.1. The predicted molar refractivity (Wildman–Crippen MR) is 83.2 cm³/mol. The lowest BCUT2D eigenvalue weighted by Gasteiger charge is -2.23. The molecule has 1 nitrogen and oxygen atoms in total. The Kier molecular flexibility index (Phi) is 4.60. The second-order valence-corrected chi connectivity index (χ2v) is 7.15. The summed E-state index contributed by atoms with van der Waals surface area (Å²) in [6, 6.07) is 12.8. The molecule has 3 heteroatoms. The lowest BCUT2D eigenvalue weighted by atomic mass is 9.86. The number of hydrogen-bond donors (Lipinski definition) is 1. The van der Waals surface area contributed by atoms with E-state index in [9.17, 15) is 0 Å². The molecule has 0 aliphatic heterocycles. The molecule has 0 saturated carbocycles. The Morgan fingerprint density at radius 3 is 2.44 bits per heavy atom. The Balaban J connectivity index is 2.31. The van der Waals surface area contributed by atoms with Gasteiger partial charge in [0.15, 0.2) is 0 Å². The van der Waals surface area contributed by atoms with E-state index in [1.165, 1.54) is 16.0 Å².